The molecule has 0 unspecified atom stereocenters. The lowest BCUT2D eigenvalue weighted by molar-refractivity contribution is -0.142. The van der Waals surface area contributed by atoms with Gasteiger partial charge in [-0.25, -0.2) is 4.79 Å². The highest BCUT2D eigenvalue weighted by atomic mass is 32.1. The Labute approximate surface area is 144 Å². The van der Waals surface area contributed by atoms with Crippen LogP contribution >= 0.6 is 12.6 Å². The number of benzene rings is 1. The van der Waals surface area contributed by atoms with Crippen LogP contribution in [0.4, 0.5) is 0 Å². The van der Waals surface area contributed by atoms with Gasteiger partial charge in [0.1, 0.15) is 18.1 Å². The van der Waals surface area contributed by atoms with Gasteiger partial charge in [0.15, 0.2) is 0 Å². The number of aliphatic hydroxyl groups is 1. The van der Waals surface area contributed by atoms with Crippen LogP contribution in [-0.2, 0) is 20.8 Å². The number of rotatable bonds is 9. The molecule has 0 aromatic heterocycles. The maximum Gasteiger partial charge on any atom is 0.326 e. The number of nitrogens with two attached hydrogens (primary N) is 1. The molecular weight excluding hydrogens is 334 g/mol. The van der Waals surface area contributed by atoms with Crippen molar-refractivity contribution in [2.45, 2.75) is 24.5 Å². The Balaban J connectivity index is 2.72. The van der Waals surface area contributed by atoms with Gasteiger partial charge in [0, 0.05) is 12.2 Å². The Morgan fingerprint density at radius 1 is 1.08 bits per heavy atom. The molecule has 8 nitrogen and oxygen atoms in total. The third-order valence-electron chi connectivity index (χ3n) is 3.25. The van der Waals surface area contributed by atoms with E-state index in [1.165, 1.54) is 0 Å². The fourth-order valence-electron chi connectivity index (χ4n) is 1.88. The van der Waals surface area contributed by atoms with E-state index in [0.29, 0.717) is 0 Å². The number of carboxylic acids is 1. The molecule has 0 saturated carbocycles. The first-order valence-electron chi connectivity index (χ1n) is 7.23. The Hall–Kier alpha value is -2.10. The predicted molar refractivity (Wildman–Crippen MR) is 90.6 cm³/mol. The van der Waals surface area contributed by atoms with Gasteiger partial charge in [0.2, 0.25) is 11.8 Å². The minimum Gasteiger partial charge on any atom is -0.480 e. The third kappa shape index (κ3) is 6.19. The zero-order chi connectivity index (χ0) is 18.1. The number of aliphatic carboxylic acids is 1. The van der Waals surface area contributed by atoms with E-state index in [0.717, 1.165) is 5.56 Å². The second-order valence-electron chi connectivity index (χ2n) is 5.12. The summed E-state index contributed by atoms with van der Waals surface area (Å²) < 4.78 is 0. The second-order valence-corrected chi connectivity index (χ2v) is 5.49. The van der Waals surface area contributed by atoms with Crippen molar-refractivity contribution < 1.29 is 24.6 Å². The predicted octanol–water partition coefficient (Wildman–Crippen LogP) is -1.47. The summed E-state index contributed by atoms with van der Waals surface area (Å²) in [5, 5.41) is 22.8. The monoisotopic (exact) mass is 355 g/mol. The van der Waals surface area contributed by atoms with Crippen molar-refractivity contribution in [1.82, 2.24) is 10.6 Å². The Bertz CT molecular complexity index is 569. The molecule has 0 bridgehead atoms. The summed E-state index contributed by atoms with van der Waals surface area (Å²) >= 11 is 3.97. The highest BCUT2D eigenvalue weighted by Gasteiger charge is 2.27. The summed E-state index contributed by atoms with van der Waals surface area (Å²) in [7, 11) is 0. The molecule has 0 aliphatic heterocycles. The van der Waals surface area contributed by atoms with Gasteiger partial charge in [-0.3, -0.25) is 9.59 Å². The van der Waals surface area contributed by atoms with Gasteiger partial charge < -0.3 is 26.6 Å². The van der Waals surface area contributed by atoms with Crippen molar-refractivity contribution >= 4 is 30.4 Å². The van der Waals surface area contributed by atoms with Crippen molar-refractivity contribution in [2.75, 3.05) is 12.4 Å². The van der Waals surface area contributed by atoms with E-state index in [-0.39, 0.29) is 12.2 Å². The van der Waals surface area contributed by atoms with E-state index in [1.54, 1.807) is 30.3 Å². The average molecular weight is 355 g/mol. The lowest BCUT2D eigenvalue weighted by atomic mass is 10.1. The molecular formula is C15H21N3O5S. The Morgan fingerprint density at radius 2 is 1.67 bits per heavy atom. The number of carboxylic acid groups (broad SMARTS) is 1. The highest BCUT2D eigenvalue weighted by molar-refractivity contribution is 7.80. The molecule has 3 atom stereocenters. The van der Waals surface area contributed by atoms with Crippen molar-refractivity contribution in [3.05, 3.63) is 35.9 Å². The van der Waals surface area contributed by atoms with Crippen molar-refractivity contribution in [3.63, 3.8) is 0 Å². The van der Waals surface area contributed by atoms with E-state index in [9.17, 15) is 19.5 Å². The molecule has 0 fully saturated rings. The number of hydrogen-bond acceptors (Lipinski definition) is 6. The summed E-state index contributed by atoms with van der Waals surface area (Å²) in [5.74, 6) is -2.65. The first-order valence-corrected chi connectivity index (χ1v) is 7.87. The zero-order valence-corrected chi connectivity index (χ0v) is 13.8. The van der Waals surface area contributed by atoms with Gasteiger partial charge in [-0.1, -0.05) is 30.3 Å². The van der Waals surface area contributed by atoms with Crippen LogP contribution in [0.2, 0.25) is 0 Å². The standard InChI is InChI=1S/C15H21N3O5S/c16-10(7-19)13(20)18-12(8-24)14(21)17-11(15(22)23)6-9-4-2-1-3-5-9/h1-5,10-12,19,24H,6-8,16H2,(H,17,21)(H,18,20)(H,22,23)/t10-,11-,12-/m0/s1. The molecule has 0 aliphatic carbocycles. The first-order chi connectivity index (χ1) is 11.4. The van der Waals surface area contributed by atoms with E-state index in [4.69, 9.17) is 10.8 Å². The molecule has 1 rings (SSSR count). The summed E-state index contributed by atoms with van der Waals surface area (Å²) in [6.07, 6.45) is 0.102. The maximum atomic E-state index is 12.2. The average Bonchev–Trinajstić information content (AvgIpc) is 2.58. The molecule has 0 radical (unpaired) electrons. The van der Waals surface area contributed by atoms with Gasteiger partial charge in [-0.05, 0) is 5.56 Å². The number of carbonyl (C=O) groups excluding carboxylic acids is 2. The van der Waals surface area contributed by atoms with E-state index in [1.807, 2.05) is 0 Å². The Morgan fingerprint density at radius 3 is 2.17 bits per heavy atom. The van der Waals surface area contributed by atoms with Crippen LogP contribution in [0.5, 0.6) is 0 Å². The van der Waals surface area contributed by atoms with Gasteiger partial charge in [-0.15, -0.1) is 0 Å². The molecule has 9 heteroatoms. The molecule has 1 aromatic carbocycles. The van der Waals surface area contributed by atoms with Crippen LogP contribution in [0.3, 0.4) is 0 Å². The molecule has 132 valence electrons. The normalized spacial score (nSPS) is 14.3. The van der Waals surface area contributed by atoms with Crippen LogP contribution < -0.4 is 16.4 Å². The lowest BCUT2D eigenvalue weighted by Crippen LogP contribution is -2.56. The van der Waals surface area contributed by atoms with Gasteiger partial charge in [0.05, 0.1) is 6.61 Å². The van der Waals surface area contributed by atoms with Crippen LogP contribution in [0.15, 0.2) is 30.3 Å². The lowest BCUT2D eigenvalue weighted by Gasteiger charge is -2.21. The maximum absolute atomic E-state index is 12.2. The molecule has 0 saturated heterocycles. The molecule has 0 spiro atoms. The minimum absolute atomic E-state index is 0.0482. The molecule has 2 amide bonds. The topological polar surface area (TPSA) is 142 Å². The first kappa shape index (κ1) is 19.9. The summed E-state index contributed by atoms with van der Waals surface area (Å²) in [6, 6.07) is 5.46. The second kappa shape index (κ2) is 9.91. The third-order valence-corrected chi connectivity index (χ3v) is 3.61. The van der Waals surface area contributed by atoms with Crippen molar-refractivity contribution in [3.8, 4) is 0 Å². The molecule has 1 aromatic rings. The molecule has 0 aliphatic rings. The molecule has 0 heterocycles. The van der Waals surface area contributed by atoms with Gasteiger partial charge in [-0.2, -0.15) is 12.6 Å². The number of amides is 2. The number of nitrogens with one attached hydrogen (secondary N) is 2. The number of carbonyl (C=O) groups is 3. The van der Waals surface area contributed by atoms with Gasteiger partial charge in [0.25, 0.3) is 0 Å². The fraction of sp³-hybridized carbons (Fsp3) is 0.400. The number of hydrogen-bond donors (Lipinski definition) is 6. The smallest absolute Gasteiger partial charge is 0.326 e. The fourth-order valence-corrected chi connectivity index (χ4v) is 2.14. The number of aliphatic hydroxyl groups excluding tert-OH is 1. The molecule has 24 heavy (non-hydrogen) atoms. The zero-order valence-electron chi connectivity index (χ0n) is 12.9. The van der Waals surface area contributed by atoms with E-state index >= 15 is 0 Å². The van der Waals surface area contributed by atoms with Gasteiger partial charge >= 0.3 is 5.97 Å². The SMILES string of the molecule is N[C@@H](CO)C(=O)N[C@@H](CS)C(=O)N[C@@H](Cc1ccccc1)C(=O)O. The quantitative estimate of drug-likeness (QED) is 0.299. The van der Waals surface area contributed by atoms with Crippen LogP contribution in [0.25, 0.3) is 0 Å². The highest BCUT2D eigenvalue weighted by Crippen LogP contribution is 2.04. The van der Waals surface area contributed by atoms with E-state index in [2.05, 4.69) is 23.3 Å². The van der Waals surface area contributed by atoms with Crippen molar-refractivity contribution in [2.24, 2.45) is 5.73 Å². The largest absolute Gasteiger partial charge is 0.480 e. The van der Waals surface area contributed by atoms with Crippen molar-refractivity contribution in [1.29, 1.82) is 0 Å². The Kier molecular flexibility index (Phi) is 8.24. The van der Waals surface area contributed by atoms with Crippen LogP contribution in [0, 0.1) is 0 Å². The van der Waals surface area contributed by atoms with E-state index < -0.39 is 42.5 Å². The number of thiol groups is 1. The minimum atomic E-state index is -1.19. The summed E-state index contributed by atoms with van der Waals surface area (Å²) in [4.78, 5) is 35.2. The van der Waals surface area contributed by atoms with Crippen LogP contribution in [0.1, 0.15) is 5.56 Å². The summed E-state index contributed by atoms with van der Waals surface area (Å²) in [5.41, 5.74) is 6.11. The molecule has 6 N–H and O–H groups in total. The summed E-state index contributed by atoms with van der Waals surface area (Å²) in [6.45, 7) is -0.571. The van der Waals surface area contributed by atoms with Crippen LogP contribution in [-0.4, -0.2) is 58.5 Å².